The van der Waals surface area contributed by atoms with Crippen molar-refractivity contribution in [3.63, 3.8) is 0 Å². The predicted molar refractivity (Wildman–Crippen MR) is 67.3 cm³/mol. The lowest BCUT2D eigenvalue weighted by atomic mass is 10.2. The Morgan fingerprint density at radius 1 is 1.56 bits per heavy atom. The highest BCUT2D eigenvalue weighted by atomic mass is 79.9. The van der Waals surface area contributed by atoms with E-state index in [1.807, 2.05) is 0 Å². The maximum Gasteiger partial charge on any atom is 0.137 e. The van der Waals surface area contributed by atoms with Crippen LogP contribution < -0.4 is 5.43 Å². The standard InChI is InChI=1S/C11H14BrFN2O/c1-8-6-10(13)9(12)7-11(8)15-14-4-2-3-5-16/h4,6-7,15-16H,2-3,5H2,1H3. The molecule has 0 saturated heterocycles. The molecule has 0 bridgehead atoms. The van der Waals surface area contributed by atoms with Crippen LogP contribution in [0.1, 0.15) is 18.4 Å². The van der Waals surface area contributed by atoms with E-state index in [-0.39, 0.29) is 12.4 Å². The minimum atomic E-state index is -0.285. The van der Waals surface area contributed by atoms with Crippen molar-refractivity contribution in [2.45, 2.75) is 19.8 Å². The number of benzene rings is 1. The highest BCUT2D eigenvalue weighted by Gasteiger charge is 2.03. The second-order valence-corrected chi connectivity index (χ2v) is 4.22. The maximum absolute atomic E-state index is 13.1. The van der Waals surface area contributed by atoms with Crippen molar-refractivity contribution in [1.29, 1.82) is 0 Å². The normalized spacial score (nSPS) is 11.0. The number of nitrogens with one attached hydrogen (secondary N) is 1. The van der Waals surface area contributed by atoms with Gasteiger partial charge in [0.2, 0.25) is 0 Å². The van der Waals surface area contributed by atoms with E-state index >= 15 is 0 Å². The number of hydrazone groups is 1. The van der Waals surface area contributed by atoms with Crippen LogP contribution in [-0.2, 0) is 0 Å². The number of hydrogen-bond acceptors (Lipinski definition) is 3. The summed E-state index contributed by atoms with van der Waals surface area (Å²) in [7, 11) is 0. The first-order valence-electron chi connectivity index (χ1n) is 4.99. The van der Waals surface area contributed by atoms with E-state index in [0.29, 0.717) is 17.3 Å². The van der Waals surface area contributed by atoms with Gasteiger partial charge in [0, 0.05) is 12.8 Å². The highest BCUT2D eigenvalue weighted by molar-refractivity contribution is 9.10. The molecule has 0 fully saturated rings. The SMILES string of the molecule is Cc1cc(F)c(Br)cc1NN=CCCCO. The summed E-state index contributed by atoms with van der Waals surface area (Å²) < 4.78 is 13.5. The van der Waals surface area contributed by atoms with E-state index in [0.717, 1.165) is 11.3 Å². The van der Waals surface area contributed by atoms with Crippen LogP contribution in [-0.4, -0.2) is 17.9 Å². The summed E-state index contributed by atoms with van der Waals surface area (Å²) in [4.78, 5) is 0. The minimum Gasteiger partial charge on any atom is -0.396 e. The summed E-state index contributed by atoms with van der Waals surface area (Å²) >= 11 is 3.11. The van der Waals surface area contributed by atoms with Gasteiger partial charge in [0.25, 0.3) is 0 Å². The van der Waals surface area contributed by atoms with Crippen LogP contribution in [0, 0.1) is 12.7 Å². The zero-order chi connectivity index (χ0) is 12.0. The molecular weight excluding hydrogens is 275 g/mol. The van der Waals surface area contributed by atoms with Crippen LogP contribution in [0.25, 0.3) is 0 Å². The minimum absolute atomic E-state index is 0.160. The zero-order valence-corrected chi connectivity index (χ0v) is 10.6. The van der Waals surface area contributed by atoms with Crippen LogP contribution in [0.15, 0.2) is 21.7 Å². The number of hydrogen-bond donors (Lipinski definition) is 2. The van der Waals surface area contributed by atoms with Gasteiger partial charge in [-0.1, -0.05) is 0 Å². The number of anilines is 1. The lowest BCUT2D eigenvalue weighted by Crippen LogP contribution is -1.94. The van der Waals surface area contributed by atoms with E-state index in [1.54, 1.807) is 19.2 Å². The monoisotopic (exact) mass is 288 g/mol. The summed E-state index contributed by atoms with van der Waals surface area (Å²) in [6, 6.07) is 3.09. The summed E-state index contributed by atoms with van der Waals surface area (Å²) in [5, 5.41) is 12.5. The Kier molecular flexibility index (Phi) is 5.42. The Balaban J connectivity index is 2.60. The Labute approximate surface area is 102 Å². The molecule has 0 saturated carbocycles. The fourth-order valence-corrected chi connectivity index (χ4v) is 1.47. The number of unbranched alkanes of at least 4 members (excludes halogenated alkanes) is 1. The Morgan fingerprint density at radius 2 is 2.31 bits per heavy atom. The summed E-state index contributed by atoms with van der Waals surface area (Å²) in [6.45, 7) is 1.97. The molecule has 5 heteroatoms. The van der Waals surface area contributed by atoms with Gasteiger partial charge < -0.3 is 5.11 Å². The van der Waals surface area contributed by atoms with E-state index in [9.17, 15) is 4.39 Å². The molecular formula is C11H14BrFN2O. The van der Waals surface area contributed by atoms with E-state index in [4.69, 9.17) is 5.11 Å². The lowest BCUT2D eigenvalue weighted by molar-refractivity contribution is 0.291. The van der Waals surface area contributed by atoms with Crippen molar-refractivity contribution in [2.24, 2.45) is 5.10 Å². The summed E-state index contributed by atoms with van der Waals surface area (Å²) in [5.41, 5.74) is 4.38. The molecule has 0 aliphatic heterocycles. The maximum atomic E-state index is 13.1. The summed E-state index contributed by atoms with van der Waals surface area (Å²) in [6.07, 6.45) is 3.09. The van der Waals surface area contributed by atoms with Gasteiger partial charge in [-0.05, 0) is 53.4 Å². The molecule has 1 aromatic rings. The number of aliphatic hydroxyl groups excluding tert-OH is 1. The summed E-state index contributed by atoms with van der Waals surface area (Å²) in [5.74, 6) is -0.285. The Bertz CT molecular complexity index is 382. The quantitative estimate of drug-likeness (QED) is 0.497. The molecule has 0 atom stereocenters. The van der Waals surface area contributed by atoms with Gasteiger partial charge in [0.1, 0.15) is 5.82 Å². The molecule has 3 nitrogen and oxygen atoms in total. The molecule has 0 unspecified atom stereocenters. The Hall–Kier alpha value is -0.940. The predicted octanol–water partition coefficient (Wildman–Crippen LogP) is 3.07. The second kappa shape index (κ2) is 6.60. The molecule has 88 valence electrons. The fourth-order valence-electron chi connectivity index (χ4n) is 1.13. The van der Waals surface area contributed by atoms with Crippen molar-refractivity contribution in [2.75, 3.05) is 12.0 Å². The number of aliphatic hydroxyl groups is 1. The molecule has 16 heavy (non-hydrogen) atoms. The van der Waals surface area contributed by atoms with Crippen molar-refractivity contribution in [1.82, 2.24) is 0 Å². The highest BCUT2D eigenvalue weighted by Crippen LogP contribution is 2.24. The smallest absolute Gasteiger partial charge is 0.137 e. The third kappa shape index (κ3) is 3.90. The molecule has 0 aliphatic rings. The van der Waals surface area contributed by atoms with E-state index < -0.39 is 0 Å². The van der Waals surface area contributed by atoms with Gasteiger partial charge in [-0.3, -0.25) is 5.43 Å². The van der Waals surface area contributed by atoms with Crippen LogP contribution in [0.5, 0.6) is 0 Å². The third-order valence-electron chi connectivity index (χ3n) is 2.03. The van der Waals surface area contributed by atoms with Crippen molar-refractivity contribution in [3.05, 3.63) is 28.0 Å². The molecule has 1 aromatic carbocycles. The number of aryl methyl sites for hydroxylation is 1. The first kappa shape index (κ1) is 13.1. The average Bonchev–Trinajstić information content (AvgIpc) is 2.25. The molecule has 0 heterocycles. The molecule has 0 amide bonds. The Morgan fingerprint density at radius 3 is 3.00 bits per heavy atom. The van der Waals surface area contributed by atoms with Gasteiger partial charge in [-0.25, -0.2) is 4.39 Å². The van der Waals surface area contributed by atoms with Crippen LogP contribution in [0.4, 0.5) is 10.1 Å². The van der Waals surface area contributed by atoms with E-state index in [2.05, 4.69) is 26.5 Å². The molecule has 1 rings (SSSR count). The number of halogens is 2. The van der Waals surface area contributed by atoms with Gasteiger partial charge in [0.15, 0.2) is 0 Å². The largest absolute Gasteiger partial charge is 0.396 e. The van der Waals surface area contributed by atoms with Crippen molar-refractivity contribution < 1.29 is 9.50 Å². The van der Waals surface area contributed by atoms with Gasteiger partial charge >= 0.3 is 0 Å². The van der Waals surface area contributed by atoms with Crippen LogP contribution in [0.3, 0.4) is 0 Å². The topological polar surface area (TPSA) is 44.6 Å². The van der Waals surface area contributed by atoms with Crippen LogP contribution >= 0.6 is 15.9 Å². The first-order chi connectivity index (χ1) is 7.65. The van der Waals surface area contributed by atoms with Gasteiger partial charge in [0.05, 0.1) is 10.2 Å². The van der Waals surface area contributed by atoms with Gasteiger partial charge in [-0.2, -0.15) is 5.10 Å². The molecule has 0 aliphatic carbocycles. The fraction of sp³-hybridized carbons (Fsp3) is 0.364. The first-order valence-corrected chi connectivity index (χ1v) is 5.78. The average molecular weight is 289 g/mol. The molecule has 0 radical (unpaired) electrons. The van der Waals surface area contributed by atoms with Crippen molar-refractivity contribution >= 4 is 27.8 Å². The van der Waals surface area contributed by atoms with Gasteiger partial charge in [-0.15, -0.1) is 0 Å². The lowest BCUT2D eigenvalue weighted by Gasteiger charge is -2.06. The third-order valence-corrected chi connectivity index (χ3v) is 2.64. The van der Waals surface area contributed by atoms with E-state index in [1.165, 1.54) is 6.07 Å². The second-order valence-electron chi connectivity index (χ2n) is 3.37. The van der Waals surface area contributed by atoms with Crippen LogP contribution in [0.2, 0.25) is 0 Å². The van der Waals surface area contributed by atoms with Crippen molar-refractivity contribution in [3.8, 4) is 0 Å². The zero-order valence-electron chi connectivity index (χ0n) is 9.00. The molecule has 2 N–H and O–H groups in total. The molecule has 0 aromatic heterocycles. The number of rotatable bonds is 5. The molecule has 0 spiro atoms. The number of nitrogens with zero attached hydrogens (tertiary/aromatic N) is 1.